The lowest BCUT2D eigenvalue weighted by Gasteiger charge is -2.29. The van der Waals surface area contributed by atoms with Crippen LogP contribution in [0.1, 0.15) is 25.7 Å². The van der Waals surface area contributed by atoms with E-state index in [0.29, 0.717) is 17.7 Å². The van der Waals surface area contributed by atoms with Crippen LogP contribution in [0.3, 0.4) is 0 Å². The molecule has 1 aliphatic carbocycles. The van der Waals surface area contributed by atoms with Crippen LogP contribution in [0.2, 0.25) is 0 Å². The zero-order valence-electron chi connectivity index (χ0n) is 8.60. The topological polar surface area (TPSA) is 46.3 Å². The maximum atomic E-state index is 12.0. The van der Waals surface area contributed by atoms with Crippen molar-refractivity contribution in [3.63, 3.8) is 0 Å². The van der Waals surface area contributed by atoms with E-state index in [0.717, 1.165) is 19.9 Å². The van der Waals surface area contributed by atoms with E-state index in [-0.39, 0.29) is 0 Å². The minimum absolute atomic E-state index is 0.480. The molecule has 0 atom stereocenters. The molecular weight excluding hydrogens is 209 g/mol. The van der Waals surface area contributed by atoms with Crippen LogP contribution < -0.4 is 5.73 Å². The van der Waals surface area contributed by atoms with Gasteiger partial charge in [-0.05, 0) is 12.8 Å². The van der Waals surface area contributed by atoms with Crippen molar-refractivity contribution in [2.75, 3.05) is 13.6 Å². The van der Waals surface area contributed by atoms with Crippen molar-refractivity contribution in [2.45, 2.75) is 37.4 Å². The summed E-state index contributed by atoms with van der Waals surface area (Å²) in [6.07, 6.45) is -1.79. The lowest BCUT2D eigenvalue weighted by Crippen LogP contribution is -2.54. The van der Waals surface area contributed by atoms with Crippen LogP contribution in [0.4, 0.5) is 13.2 Å². The van der Waals surface area contributed by atoms with Gasteiger partial charge in [0.25, 0.3) is 0 Å². The second-order valence-corrected chi connectivity index (χ2v) is 4.14. The Morgan fingerprint density at radius 2 is 1.87 bits per heavy atom. The van der Waals surface area contributed by atoms with Gasteiger partial charge in [0.1, 0.15) is 6.54 Å². The minimum Gasteiger partial charge on any atom is -0.335 e. The van der Waals surface area contributed by atoms with E-state index >= 15 is 0 Å². The number of nitrogens with two attached hydrogens (primary N) is 1. The average Bonchev–Trinajstić information content (AvgIpc) is 2.49. The molecule has 88 valence electrons. The van der Waals surface area contributed by atoms with Crippen LogP contribution in [0, 0.1) is 0 Å². The highest BCUT2D eigenvalue weighted by atomic mass is 19.4. The molecule has 15 heavy (non-hydrogen) atoms. The fourth-order valence-corrected chi connectivity index (χ4v) is 1.94. The van der Waals surface area contributed by atoms with Gasteiger partial charge in [0.2, 0.25) is 5.91 Å². The minimum atomic E-state index is -4.36. The lowest BCUT2D eigenvalue weighted by atomic mass is 9.97. The van der Waals surface area contributed by atoms with Gasteiger partial charge in [-0.25, -0.2) is 0 Å². The molecule has 0 aromatic rings. The molecule has 0 aromatic carbocycles. The van der Waals surface area contributed by atoms with Gasteiger partial charge in [-0.3, -0.25) is 4.79 Å². The molecule has 1 saturated carbocycles. The second kappa shape index (κ2) is 4.00. The summed E-state index contributed by atoms with van der Waals surface area (Å²) in [6, 6.07) is 0. The molecule has 0 radical (unpaired) electrons. The second-order valence-electron chi connectivity index (χ2n) is 4.14. The normalized spacial score (nSPS) is 20.3. The van der Waals surface area contributed by atoms with E-state index in [1.54, 1.807) is 0 Å². The monoisotopic (exact) mass is 224 g/mol. The van der Waals surface area contributed by atoms with Crippen molar-refractivity contribution in [1.82, 2.24) is 4.90 Å². The van der Waals surface area contributed by atoms with Crippen LogP contribution >= 0.6 is 0 Å². The largest absolute Gasteiger partial charge is 0.406 e. The molecule has 1 fully saturated rings. The lowest BCUT2D eigenvalue weighted by molar-refractivity contribution is -0.161. The summed E-state index contributed by atoms with van der Waals surface area (Å²) in [5.74, 6) is -0.600. The van der Waals surface area contributed by atoms with Gasteiger partial charge in [0, 0.05) is 7.05 Å². The first-order valence-corrected chi connectivity index (χ1v) is 4.86. The zero-order chi connectivity index (χ0) is 11.7. The number of rotatable bonds is 2. The van der Waals surface area contributed by atoms with Crippen molar-refractivity contribution in [2.24, 2.45) is 5.73 Å². The number of halogens is 3. The molecule has 0 aliphatic heterocycles. The Morgan fingerprint density at radius 1 is 1.40 bits per heavy atom. The Balaban J connectivity index is 2.60. The Morgan fingerprint density at radius 3 is 2.27 bits per heavy atom. The van der Waals surface area contributed by atoms with E-state index in [1.807, 2.05) is 0 Å². The molecule has 0 unspecified atom stereocenters. The van der Waals surface area contributed by atoms with Gasteiger partial charge in [-0.1, -0.05) is 12.8 Å². The Bertz CT molecular complexity index is 246. The van der Waals surface area contributed by atoms with E-state index in [9.17, 15) is 18.0 Å². The summed E-state index contributed by atoms with van der Waals surface area (Å²) in [5, 5.41) is 0. The number of amides is 1. The van der Waals surface area contributed by atoms with Crippen LogP contribution in [0.25, 0.3) is 0 Å². The zero-order valence-corrected chi connectivity index (χ0v) is 8.60. The fraction of sp³-hybridized carbons (Fsp3) is 0.889. The third-order valence-corrected chi connectivity index (χ3v) is 2.68. The SMILES string of the molecule is CN(CC(F)(F)F)C(=O)C1(N)CCCC1. The summed E-state index contributed by atoms with van der Waals surface area (Å²) in [7, 11) is 1.14. The summed E-state index contributed by atoms with van der Waals surface area (Å²) < 4.78 is 36.1. The molecule has 1 aliphatic rings. The third kappa shape index (κ3) is 3.09. The van der Waals surface area contributed by atoms with Crippen LogP contribution in [0.5, 0.6) is 0 Å². The number of likely N-dealkylation sites (N-methyl/N-ethyl adjacent to an activating group) is 1. The summed E-state index contributed by atoms with van der Waals surface area (Å²) >= 11 is 0. The van der Waals surface area contributed by atoms with Gasteiger partial charge in [-0.2, -0.15) is 13.2 Å². The quantitative estimate of drug-likeness (QED) is 0.768. The molecule has 0 spiro atoms. The highest BCUT2D eigenvalue weighted by Crippen LogP contribution is 2.29. The highest BCUT2D eigenvalue weighted by Gasteiger charge is 2.41. The fourth-order valence-electron chi connectivity index (χ4n) is 1.94. The number of nitrogens with zero attached hydrogens (tertiary/aromatic N) is 1. The number of carbonyl (C=O) groups is 1. The van der Waals surface area contributed by atoms with Gasteiger partial charge >= 0.3 is 6.18 Å². The summed E-state index contributed by atoms with van der Waals surface area (Å²) in [6.45, 7) is -1.23. The van der Waals surface area contributed by atoms with Crippen molar-refractivity contribution >= 4 is 5.91 Å². The van der Waals surface area contributed by atoms with E-state index in [2.05, 4.69) is 0 Å². The molecule has 1 amide bonds. The van der Waals surface area contributed by atoms with Crippen LogP contribution in [-0.2, 0) is 4.79 Å². The van der Waals surface area contributed by atoms with Gasteiger partial charge in [0.05, 0.1) is 5.54 Å². The predicted octanol–water partition coefficient (Wildman–Crippen LogP) is 1.28. The molecular formula is C9H15F3N2O. The van der Waals surface area contributed by atoms with Gasteiger partial charge < -0.3 is 10.6 Å². The Labute approximate surface area is 86.4 Å². The highest BCUT2D eigenvalue weighted by molar-refractivity contribution is 5.86. The maximum absolute atomic E-state index is 12.0. The first-order chi connectivity index (χ1) is 6.75. The van der Waals surface area contributed by atoms with Crippen molar-refractivity contribution in [3.8, 4) is 0 Å². The van der Waals surface area contributed by atoms with Gasteiger partial charge in [-0.15, -0.1) is 0 Å². The summed E-state index contributed by atoms with van der Waals surface area (Å²) in [4.78, 5) is 12.3. The molecule has 2 N–H and O–H groups in total. The number of alkyl halides is 3. The molecule has 0 saturated heterocycles. The van der Waals surface area contributed by atoms with Crippen LogP contribution in [0.15, 0.2) is 0 Å². The van der Waals surface area contributed by atoms with E-state index in [1.165, 1.54) is 0 Å². The smallest absolute Gasteiger partial charge is 0.335 e. The molecule has 1 rings (SSSR count). The van der Waals surface area contributed by atoms with Crippen molar-refractivity contribution in [1.29, 1.82) is 0 Å². The molecule has 3 nitrogen and oxygen atoms in total. The van der Waals surface area contributed by atoms with Crippen LogP contribution in [-0.4, -0.2) is 36.1 Å². The van der Waals surface area contributed by atoms with E-state index in [4.69, 9.17) is 5.73 Å². The van der Waals surface area contributed by atoms with Crippen molar-refractivity contribution in [3.05, 3.63) is 0 Å². The molecule has 6 heteroatoms. The Hall–Kier alpha value is -0.780. The number of hydrogen-bond acceptors (Lipinski definition) is 2. The number of hydrogen-bond donors (Lipinski definition) is 1. The predicted molar refractivity (Wildman–Crippen MR) is 49.1 cm³/mol. The third-order valence-electron chi connectivity index (χ3n) is 2.68. The van der Waals surface area contributed by atoms with Gasteiger partial charge in [0.15, 0.2) is 0 Å². The number of carbonyl (C=O) groups excluding carboxylic acids is 1. The van der Waals surface area contributed by atoms with E-state index < -0.39 is 24.2 Å². The first-order valence-electron chi connectivity index (χ1n) is 4.86. The molecule has 0 bridgehead atoms. The Kier molecular flexibility index (Phi) is 3.28. The summed E-state index contributed by atoms with van der Waals surface area (Å²) in [5.41, 5.74) is 4.69. The maximum Gasteiger partial charge on any atom is 0.406 e. The molecule has 0 heterocycles. The molecule has 0 aromatic heterocycles. The first kappa shape index (κ1) is 12.3. The average molecular weight is 224 g/mol. The van der Waals surface area contributed by atoms with Crippen molar-refractivity contribution < 1.29 is 18.0 Å². The standard InChI is InChI=1S/C9H15F3N2O/c1-14(6-9(10,11)12)7(15)8(13)4-2-3-5-8/h2-6,13H2,1H3.